The Labute approximate surface area is 132 Å². The van der Waals surface area contributed by atoms with Crippen molar-refractivity contribution in [3.05, 3.63) is 65.2 Å². The second-order valence-corrected chi connectivity index (χ2v) is 5.26. The summed E-state index contributed by atoms with van der Waals surface area (Å²) in [5, 5.41) is 3.51. The number of carbonyl (C=O) groups is 1. The molecule has 0 aliphatic rings. The van der Waals surface area contributed by atoms with Crippen LogP contribution in [0.3, 0.4) is 0 Å². The first-order valence-corrected chi connectivity index (χ1v) is 7.18. The van der Waals surface area contributed by atoms with Gasteiger partial charge in [0.2, 0.25) is 0 Å². The maximum atomic E-state index is 13.5. The highest BCUT2D eigenvalue weighted by Gasteiger charge is 2.14. The van der Waals surface area contributed by atoms with Gasteiger partial charge in [-0.15, -0.1) is 0 Å². The molecular weight excluding hydrogens is 297 g/mol. The Kier molecular flexibility index (Phi) is 4.02. The Morgan fingerprint density at radius 3 is 2.83 bits per heavy atom. The van der Waals surface area contributed by atoms with Crippen LogP contribution < -0.4 is 10.1 Å². The zero-order valence-corrected chi connectivity index (χ0v) is 12.9. The minimum Gasteiger partial charge on any atom is -0.493 e. The van der Waals surface area contributed by atoms with Crippen molar-refractivity contribution in [2.75, 3.05) is 7.11 Å². The summed E-state index contributed by atoms with van der Waals surface area (Å²) in [5.74, 6) is 0.119. The molecule has 1 heterocycles. The smallest absolute Gasteiger partial charge is 0.287 e. The molecule has 1 amide bonds. The van der Waals surface area contributed by atoms with Crippen LogP contribution in [0.4, 0.5) is 4.39 Å². The highest BCUT2D eigenvalue weighted by molar-refractivity contribution is 5.97. The molecule has 1 N–H and O–H groups in total. The summed E-state index contributed by atoms with van der Waals surface area (Å²) in [6.45, 7) is 1.92. The van der Waals surface area contributed by atoms with Crippen LogP contribution in [0.5, 0.6) is 5.75 Å². The molecule has 0 unspecified atom stereocenters. The number of para-hydroxylation sites is 1. The molecule has 3 aromatic rings. The molecule has 1 aromatic heterocycles. The van der Waals surface area contributed by atoms with E-state index < -0.39 is 0 Å². The lowest BCUT2D eigenvalue weighted by molar-refractivity contribution is 0.0925. The fourth-order valence-corrected chi connectivity index (χ4v) is 2.32. The van der Waals surface area contributed by atoms with Crippen molar-refractivity contribution < 1.29 is 18.3 Å². The molecule has 23 heavy (non-hydrogen) atoms. The molecule has 0 bridgehead atoms. The third-order valence-electron chi connectivity index (χ3n) is 3.64. The van der Waals surface area contributed by atoms with Gasteiger partial charge in [0.25, 0.3) is 5.91 Å². The third kappa shape index (κ3) is 3.04. The molecule has 0 radical (unpaired) electrons. The molecule has 0 saturated carbocycles. The fraction of sp³-hybridized carbons (Fsp3) is 0.167. The number of fused-ring (bicyclic) bond motifs is 1. The van der Waals surface area contributed by atoms with E-state index in [1.54, 1.807) is 38.3 Å². The van der Waals surface area contributed by atoms with Gasteiger partial charge >= 0.3 is 0 Å². The topological polar surface area (TPSA) is 51.5 Å². The van der Waals surface area contributed by atoms with Gasteiger partial charge in [-0.05, 0) is 36.2 Å². The molecule has 3 rings (SSSR count). The van der Waals surface area contributed by atoms with Gasteiger partial charge in [0.15, 0.2) is 17.1 Å². The van der Waals surface area contributed by atoms with Crippen molar-refractivity contribution in [3.63, 3.8) is 0 Å². The molecule has 0 aliphatic carbocycles. The first-order valence-electron chi connectivity index (χ1n) is 7.18. The molecule has 2 aromatic carbocycles. The van der Waals surface area contributed by atoms with Crippen molar-refractivity contribution in [2.45, 2.75) is 13.5 Å². The number of nitrogens with one attached hydrogen (secondary N) is 1. The molecular formula is C18H16FNO3. The van der Waals surface area contributed by atoms with E-state index in [9.17, 15) is 9.18 Å². The largest absolute Gasteiger partial charge is 0.493 e. The summed E-state index contributed by atoms with van der Waals surface area (Å²) in [5.41, 5.74) is 1.79. The fourth-order valence-electron chi connectivity index (χ4n) is 2.32. The van der Waals surface area contributed by atoms with Gasteiger partial charge in [-0.25, -0.2) is 4.39 Å². The lowest BCUT2D eigenvalue weighted by Crippen LogP contribution is -2.22. The lowest BCUT2D eigenvalue weighted by Gasteiger charge is -2.05. The maximum absolute atomic E-state index is 13.5. The molecule has 0 spiro atoms. The number of methoxy groups -OCH3 is 1. The minimum atomic E-state index is -0.357. The molecule has 5 heteroatoms. The highest BCUT2D eigenvalue weighted by Crippen LogP contribution is 2.28. The zero-order valence-electron chi connectivity index (χ0n) is 12.9. The lowest BCUT2D eigenvalue weighted by atomic mass is 10.1. The monoisotopic (exact) mass is 313 g/mol. The predicted molar refractivity (Wildman–Crippen MR) is 85.1 cm³/mol. The summed E-state index contributed by atoms with van der Waals surface area (Å²) < 4.78 is 24.3. The van der Waals surface area contributed by atoms with Crippen molar-refractivity contribution in [1.82, 2.24) is 5.32 Å². The highest BCUT2D eigenvalue weighted by atomic mass is 19.1. The number of aryl methyl sites for hydroxylation is 1. The first-order chi connectivity index (χ1) is 11.1. The van der Waals surface area contributed by atoms with Crippen LogP contribution >= 0.6 is 0 Å². The van der Waals surface area contributed by atoms with E-state index >= 15 is 0 Å². The van der Waals surface area contributed by atoms with Gasteiger partial charge in [-0.1, -0.05) is 24.3 Å². The SMILES string of the molecule is COc1cccc2cc(C(=O)NCc3ccc(C)c(F)c3)oc12. The van der Waals surface area contributed by atoms with E-state index in [4.69, 9.17) is 9.15 Å². The number of rotatable bonds is 4. The van der Waals surface area contributed by atoms with Crippen LogP contribution in [0.2, 0.25) is 0 Å². The van der Waals surface area contributed by atoms with Gasteiger partial charge in [0.05, 0.1) is 7.11 Å². The van der Waals surface area contributed by atoms with Crippen LogP contribution in [-0.2, 0) is 6.54 Å². The van der Waals surface area contributed by atoms with Crippen LogP contribution in [-0.4, -0.2) is 13.0 Å². The Balaban J connectivity index is 1.76. The molecule has 0 saturated heterocycles. The van der Waals surface area contributed by atoms with Crippen LogP contribution in [0, 0.1) is 12.7 Å². The molecule has 0 atom stereocenters. The predicted octanol–water partition coefficient (Wildman–Crippen LogP) is 3.82. The molecule has 4 nitrogen and oxygen atoms in total. The van der Waals surface area contributed by atoms with E-state index in [1.165, 1.54) is 6.07 Å². The second-order valence-electron chi connectivity index (χ2n) is 5.26. The molecule has 0 fully saturated rings. The summed E-state index contributed by atoms with van der Waals surface area (Å²) >= 11 is 0. The van der Waals surface area contributed by atoms with Crippen LogP contribution in [0.15, 0.2) is 46.9 Å². The van der Waals surface area contributed by atoms with E-state index in [0.29, 0.717) is 22.5 Å². The zero-order chi connectivity index (χ0) is 16.4. The van der Waals surface area contributed by atoms with Gasteiger partial charge in [0.1, 0.15) is 5.82 Å². The van der Waals surface area contributed by atoms with Crippen molar-refractivity contribution in [2.24, 2.45) is 0 Å². The van der Waals surface area contributed by atoms with Gasteiger partial charge in [-0.2, -0.15) is 0 Å². The Bertz CT molecular complexity index is 870. The number of hydrogen-bond donors (Lipinski definition) is 1. The van der Waals surface area contributed by atoms with Gasteiger partial charge < -0.3 is 14.5 Å². The summed E-state index contributed by atoms with van der Waals surface area (Å²) in [6, 6.07) is 12.0. The number of hydrogen-bond acceptors (Lipinski definition) is 3. The van der Waals surface area contributed by atoms with E-state index in [-0.39, 0.29) is 24.0 Å². The van der Waals surface area contributed by atoms with E-state index in [1.807, 2.05) is 12.1 Å². The minimum absolute atomic E-state index is 0.192. The van der Waals surface area contributed by atoms with E-state index in [2.05, 4.69) is 5.32 Å². The maximum Gasteiger partial charge on any atom is 0.287 e. The number of ether oxygens (including phenoxy) is 1. The third-order valence-corrected chi connectivity index (χ3v) is 3.64. The van der Waals surface area contributed by atoms with E-state index in [0.717, 1.165) is 5.39 Å². The summed E-state index contributed by atoms with van der Waals surface area (Å²) in [6.07, 6.45) is 0. The summed E-state index contributed by atoms with van der Waals surface area (Å²) in [4.78, 5) is 12.2. The Hall–Kier alpha value is -2.82. The quantitative estimate of drug-likeness (QED) is 0.796. The van der Waals surface area contributed by atoms with Gasteiger partial charge in [-0.3, -0.25) is 4.79 Å². The van der Waals surface area contributed by atoms with Crippen molar-refractivity contribution in [1.29, 1.82) is 0 Å². The Morgan fingerprint density at radius 2 is 2.09 bits per heavy atom. The number of amides is 1. The number of benzene rings is 2. The first kappa shape index (κ1) is 15.1. The normalized spacial score (nSPS) is 10.7. The Morgan fingerprint density at radius 1 is 1.26 bits per heavy atom. The average Bonchev–Trinajstić information content (AvgIpc) is 2.99. The number of halogens is 1. The average molecular weight is 313 g/mol. The van der Waals surface area contributed by atoms with Crippen LogP contribution in [0.1, 0.15) is 21.7 Å². The number of furan rings is 1. The van der Waals surface area contributed by atoms with Gasteiger partial charge in [0, 0.05) is 11.9 Å². The second kappa shape index (κ2) is 6.12. The summed E-state index contributed by atoms with van der Waals surface area (Å²) in [7, 11) is 1.54. The van der Waals surface area contributed by atoms with Crippen LogP contribution in [0.25, 0.3) is 11.0 Å². The van der Waals surface area contributed by atoms with Crippen molar-refractivity contribution >= 4 is 16.9 Å². The standard InChI is InChI=1S/C18H16FNO3/c1-11-6-7-12(8-14(11)19)10-20-18(21)16-9-13-4-3-5-15(22-2)17(13)23-16/h3-9H,10H2,1-2H3,(H,20,21). The van der Waals surface area contributed by atoms with Crippen molar-refractivity contribution in [3.8, 4) is 5.75 Å². The number of carbonyl (C=O) groups excluding carboxylic acids is 1. The molecule has 118 valence electrons. The molecule has 0 aliphatic heterocycles.